The minimum Gasteiger partial charge on any atom is -0.508 e. The molecule has 10 nitrogen and oxygen atoms in total. The van der Waals surface area contributed by atoms with Crippen molar-refractivity contribution in [1.29, 1.82) is 0 Å². The van der Waals surface area contributed by atoms with Gasteiger partial charge in [-0.3, -0.25) is 9.59 Å². The lowest BCUT2D eigenvalue weighted by Gasteiger charge is -2.15. The van der Waals surface area contributed by atoms with Crippen molar-refractivity contribution in [1.82, 2.24) is 0 Å². The van der Waals surface area contributed by atoms with E-state index in [4.69, 9.17) is 0 Å². The minimum absolute atomic E-state index is 0.0783. The van der Waals surface area contributed by atoms with Gasteiger partial charge < -0.3 is 36.2 Å². The standard InChI is InChI=1S/C21H16N2O8/c24-12-4-10(5-13(25)8-12)19(28)22-17-3-1-2-16(21(30)31)18(17)23-20(29)11-6-14(26)9-15(27)7-11/h1-9,24-27H,(H,22,28)(H,23,29)(H,30,31). The number of anilines is 2. The summed E-state index contributed by atoms with van der Waals surface area (Å²) in [5, 5.41) is 52.5. The van der Waals surface area contributed by atoms with E-state index in [0.717, 1.165) is 36.4 Å². The number of carbonyl (C=O) groups excluding carboxylic acids is 2. The van der Waals surface area contributed by atoms with Gasteiger partial charge in [0, 0.05) is 23.3 Å². The summed E-state index contributed by atoms with van der Waals surface area (Å²) in [4.78, 5) is 36.8. The molecule has 0 bridgehead atoms. The van der Waals surface area contributed by atoms with E-state index in [9.17, 15) is 39.9 Å². The summed E-state index contributed by atoms with van der Waals surface area (Å²) in [6.45, 7) is 0. The average Bonchev–Trinajstić information content (AvgIpc) is 2.67. The molecule has 0 aliphatic heterocycles. The highest BCUT2D eigenvalue weighted by atomic mass is 16.4. The van der Waals surface area contributed by atoms with E-state index in [-0.39, 0.29) is 51.1 Å². The first-order valence-corrected chi connectivity index (χ1v) is 8.69. The van der Waals surface area contributed by atoms with Crippen molar-refractivity contribution in [2.24, 2.45) is 0 Å². The summed E-state index contributed by atoms with van der Waals surface area (Å²) in [6.07, 6.45) is 0. The SMILES string of the molecule is O=C(Nc1cccc(C(=O)O)c1NC(=O)c1cc(O)cc(O)c1)c1cc(O)cc(O)c1. The van der Waals surface area contributed by atoms with Crippen molar-refractivity contribution in [2.45, 2.75) is 0 Å². The highest BCUT2D eigenvalue weighted by Gasteiger charge is 2.20. The van der Waals surface area contributed by atoms with Gasteiger partial charge in [-0.05, 0) is 36.4 Å². The van der Waals surface area contributed by atoms with Gasteiger partial charge in [0.15, 0.2) is 0 Å². The van der Waals surface area contributed by atoms with Crippen LogP contribution in [0.3, 0.4) is 0 Å². The van der Waals surface area contributed by atoms with Crippen LogP contribution in [-0.2, 0) is 0 Å². The van der Waals surface area contributed by atoms with Gasteiger partial charge >= 0.3 is 5.97 Å². The second-order valence-electron chi connectivity index (χ2n) is 6.42. The molecule has 0 aromatic heterocycles. The molecule has 2 amide bonds. The van der Waals surface area contributed by atoms with Crippen LogP contribution in [0.4, 0.5) is 11.4 Å². The zero-order valence-corrected chi connectivity index (χ0v) is 15.7. The number of hydrogen-bond acceptors (Lipinski definition) is 7. The molecule has 0 atom stereocenters. The lowest BCUT2D eigenvalue weighted by molar-refractivity contribution is 0.0697. The van der Waals surface area contributed by atoms with E-state index >= 15 is 0 Å². The summed E-state index contributed by atoms with van der Waals surface area (Å²) < 4.78 is 0. The number of aromatic carboxylic acids is 1. The number of rotatable bonds is 5. The second-order valence-corrected chi connectivity index (χ2v) is 6.42. The lowest BCUT2D eigenvalue weighted by atomic mass is 10.1. The molecule has 3 aromatic rings. The van der Waals surface area contributed by atoms with Gasteiger partial charge in [-0.15, -0.1) is 0 Å². The number of amides is 2. The monoisotopic (exact) mass is 424 g/mol. The maximum atomic E-state index is 12.6. The van der Waals surface area contributed by atoms with Crippen LogP contribution in [0.5, 0.6) is 23.0 Å². The fraction of sp³-hybridized carbons (Fsp3) is 0. The van der Waals surface area contributed by atoms with Crippen LogP contribution in [-0.4, -0.2) is 43.3 Å². The molecule has 0 unspecified atom stereocenters. The third-order valence-corrected chi connectivity index (χ3v) is 4.11. The molecule has 0 aliphatic carbocycles. The van der Waals surface area contributed by atoms with Crippen molar-refractivity contribution in [3.8, 4) is 23.0 Å². The Morgan fingerprint density at radius 1 is 0.645 bits per heavy atom. The van der Waals surface area contributed by atoms with Crippen molar-refractivity contribution in [3.05, 3.63) is 71.3 Å². The second kappa shape index (κ2) is 8.33. The molecule has 0 spiro atoms. The van der Waals surface area contributed by atoms with E-state index in [1.807, 2.05) is 0 Å². The molecular weight excluding hydrogens is 408 g/mol. The third kappa shape index (κ3) is 4.82. The maximum absolute atomic E-state index is 12.6. The molecule has 0 saturated carbocycles. The maximum Gasteiger partial charge on any atom is 0.337 e. The fourth-order valence-electron chi connectivity index (χ4n) is 2.80. The first-order valence-electron chi connectivity index (χ1n) is 8.69. The smallest absolute Gasteiger partial charge is 0.337 e. The molecule has 0 fully saturated rings. The Balaban J connectivity index is 1.98. The Morgan fingerprint density at radius 3 is 1.55 bits per heavy atom. The van der Waals surface area contributed by atoms with Crippen molar-refractivity contribution in [2.75, 3.05) is 10.6 Å². The predicted molar refractivity (Wildman–Crippen MR) is 109 cm³/mol. The fourth-order valence-corrected chi connectivity index (χ4v) is 2.80. The molecule has 10 heteroatoms. The highest BCUT2D eigenvalue weighted by Crippen LogP contribution is 2.29. The molecule has 0 radical (unpaired) electrons. The molecule has 7 N–H and O–H groups in total. The third-order valence-electron chi connectivity index (χ3n) is 4.11. The summed E-state index contributed by atoms with van der Waals surface area (Å²) in [5.74, 6) is -4.52. The van der Waals surface area contributed by atoms with Crippen LogP contribution in [0.1, 0.15) is 31.1 Å². The molecule has 0 saturated heterocycles. The van der Waals surface area contributed by atoms with Crippen molar-refractivity contribution >= 4 is 29.2 Å². The predicted octanol–water partition coefficient (Wildman–Crippen LogP) is 2.71. The van der Waals surface area contributed by atoms with Gasteiger partial charge in [-0.25, -0.2) is 4.79 Å². The summed E-state index contributed by atoms with van der Waals surface area (Å²) in [6, 6.07) is 10.2. The topological polar surface area (TPSA) is 176 Å². The van der Waals surface area contributed by atoms with Gasteiger partial charge in [-0.2, -0.15) is 0 Å². The Morgan fingerprint density at radius 2 is 1.10 bits per heavy atom. The van der Waals surface area contributed by atoms with Crippen LogP contribution in [0, 0.1) is 0 Å². The summed E-state index contributed by atoms with van der Waals surface area (Å²) in [5.41, 5.74) is -0.943. The van der Waals surface area contributed by atoms with Crippen molar-refractivity contribution < 1.29 is 39.9 Å². The summed E-state index contributed by atoms with van der Waals surface area (Å²) in [7, 11) is 0. The Hall–Kier alpha value is -4.73. The number of phenols is 4. The number of hydrogen-bond donors (Lipinski definition) is 7. The number of phenolic OH excluding ortho intramolecular Hbond substituents is 4. The number of carbonyl (C=O) groups is 3. The quantitative estimate of drug-likeness (QED) is 0.327. The lowest BCUT2D eigenvalue weighted by Crippen LogP contribution is -2.19. The number of benzene rings is 3. The van der Waals surface area contributed by atoms with Gasteiger partial charge in [0.25, 0.3) is 11.8 Å². The van der Waals surface area contributed by atoms with Gasteiger partial charge in [-0.1, -0.05) is 6.07 Å². The van der Waals surface area contributed by atoms with Crippen molar-refractivity contribution in [3.63, 3.8) is 0 Å². The first kappa shape index (κ1) is 21.0. The molecule has 0 aliphatic rings. The molecule has 3 rings (SSSR count). The first-order chi connectivity index (χ1) is 14.6. The molecule has 31 heavy (non-hydrogen) atoms. The molecule has 3 aromatic carbocycles. The number of para-hydroxylation sites is 1. The van der Waals surface area contributed by atoms with Crippen LogP contribution < -0.4 is 10.6 Å². The number of carboxylic acids is 1. The Kier molecular flexibility index (Phi) is 5.64. The molecule has 158 valence electrons. The van der Waals surface area contributed by atoms with Crippen LogP contribution in [0.2, 0.25) is 0 Å². The number of aromatic hydroxyl groups is 4. The van der Waals surface area contributed by atoms with E-state index in [1.165, 1.54) is 18.2 Å². The zero-order chi connectivity index (χ0) is 22.7. The number of carboxylic acid groups (broad SMARTS) is 1. The van der Waals surface area contributed by atoms with E-state index in [1.54, 1.807) is 0 Å². The molecule has 0 heterocycles. The van der Waals surface area contributed by atoms with Gasteiger partial charge in [0.2, 0.25) is 0 Å². The zero-order valence-electron chi connectivity index (χ0n) is 15.7. The number of nitrogens with one attached hydrogen (secondary N) is 2. The average molecular weight is 424 g/mol. The van der Waals surface area contributed by atoms with Gasteiger partial charge in [0.1, 0.15) is 23.0 Å². The van der Waals surface area contributed by atoms with Crippen LogP contribution in [0.15, 0.2) is 54.6 Å². The van der Waals surface area contributed by atoms with E-state index in [0.29, 0.717) is 0 Å². The normalized spacial score (nSPS) is 10.3. The van der Waals surface area contributed by atoms with Gasteiger partial charge in [0.05, 0.1) is 16.9 Å². The largest absolute Gasteiger partial charge is 0.508 e. The highest BCUT2D eigenvalue weighted by molar-refractivity contribution is 6.13. The minimum atomic E-state index is -1.39. The van der Waals surface area contributed by atoms with Crippen LogP contribution >= 0.6 is 0 Å². The molecular formula is C21H16N2O8. The Bertz CT molecular complexity index is 1170. The Labute approximate surface area is 174 Å². The van der Waals surface area contributed by atoms with Crippen LogP contribution in [0.25, 0.3) is 0 Å². The van der Waals surface area contributed by atoms with E-state index < -0.39 is 17.8 Å². The summed E-state index contributed by atoms with van der Waals surface area (Å²) >= 11 is 0. The van der Waals surface area contributed by atoms with E-state index in [2.05, 4.69) is 10.6 Å².